The SMILES string of the molecule is C=CC[C](C=C)NCCCCC. The third-order valence-electron chi connectivity index (χ3n) is 1.74. The van der Waals surface area contributed by atoms with Crippen LogP contribution in [0.15, 0.2) is 25.3 Å². The first-order valence-corrected chi connectivity index (χ1v) is 4.68. The average Bonchev–Trinajstić information content (AvgIpc) is 2.10. The molecule has 1 heteroatoms. The summed E-state index contributed by atoms with van der Waals surface area (Å²) in [6.45, 7) is 10.7. The topological polar surface area (TPSA) is 12.0 Å². The molecule has 0 aliphatic rings. The smallest absolute Gasteiger partial charge is 0.0620 e. The van der Waals surface area contributed by atoms with Gasteiger partial charge < -0.3 is 5.32 Å². The number of hydrogen-bond acceptors (Lipinski definition) is 1. The van der Waals surface area contributed by atoms with Crippen molar-refractivity contribution in [2.45, 2.75) is 32.6 Å². The largest absolute Gasteiger partial charge is 0.306 e. The number of unbranched alkanes of at least 4 members (excludes halogenated alkanes) is 2. The Hall–Kier alpha value is -0.560. The highest BCUT2D eigenvalue weighted by Gasteiger charge is 1.99. The van der Waals surface area contributed by atoms with Crippen molar-refractivity contribution >= 4 is 0 Å². The third kappa shape index (κ3) is 6.17. The molecule has 1 N–H and O–H groups in total. The molecule has 0 amide bonds. The van der Waals surface area contributed by atoms with E-state index in [0.29, 0.717) is 0 Å². The van der Waals surface area contributed by atoms with Crippen LogP contribution in [0.25, 0.3) is 0 Å². The summed E-state index contributed by atoms with van der Waals surface area (Å²) in [5, 5.41) is 3.33. The van der Waals surface area contributed by atoms with Crippen molar-refractivity contribution in [2.75, 3.05) is 6.54 Å². The Labute approximate surface area is 76.6 Å². The van der Waals surface area contributed by atoms with Crippen molar-refractivity contribution in [3.63, 3.8) is 0 Å². The molecule has 12 heavy (non-hydrogen) atoms. The van der Waals surface area contributed by atoms with E-state index in [-0.39, 0.29) is 0 Å². The Morgan fingerprint density at radius 3 is 2.58 bits per heavy atom. The van der Waals surface area contributed by atoms with Gasteiger partial charge in [0.1, 0.15) is 0 Å². The van der Waals surface area contributed by atoms with E-state index in [1.807, 2.05) is 12.2 Å². The zero-order valence-corrected chi connectivity index (χ0v) is 8.10. The second kappa shape index (κ2) is 8.54. The monoisotopic (exact) mass is 166 g/mol. The molecular weight excluding hydrogens is 146 g/mol. The summed E-state index contributed by atoms with van der Waals surface area (Å²) in [6, 6.07) is 1.18. The van der Waals surface area contributed by atoms with Gasteiger partial charge in [-0.05, 0) is 19.4 Å². The molecule has 69 valence electrons. The molecule has 0 aromatic carbocycles. The third-order valence-corrected chi connectivity index (χ3v) is 1.74. The molecule has 0 atom stereocenters. The van der Waals surface area contributed by atoms with Crippen LogP contribution in [0, 0.1) is 6.04 Å². The number of hydrogen-bond donors (Lipinski definition) is 1. The average molecular weight is 166 g/mol. The predicted octanol–water partition coefficient (Wildman–Crippen LogP) is 3.06. The molecule has 0 bridgehead atoms. The maximum Gasteiger partial charge on any atom is 0.0620 e. The van der Waals surface area contributed by atoms with Crippen LogP contribution < -0.4 is 5.32 Å². The molecule has 0 aromatic heterocycles. The van der Waals surface area contributed by atoms with E-state index in [1.165, 1.54) is 25.3 Å². The summed E-state index contributed by atoms with van der Waals surface area (Å²) < 4.78 is 0. The van der Waals surface area contributed by atoms with Crippen molar-refractivity contribution in [2.24, 2.45) is 0 Å². The molecule has 0 rings (SSSR count). The lowest BCUT2D eigenvalue weighted by Gasteiger charge is -2.10. The summed E-state index contributed by atoms with van der Waals surface area (Å²) in [7, 11) is 0. The molecule has 0 aliphatic heterocycles. The Morgan fingerprint density at radius 2 is 2.08 bits per heavy atom. The van der Waals surface area contributed by atoms with Gasteiger partial charge in [0, 0.05) is 0 Å². The van der Waals surface area contributed by atoms with Gasteiger partial charge in [-0.25, -0.2) is 0 Å². The molecule has 1 nitrogen and oxygen atoms in total. The Balaban J connectivity index is 3.31. The molecular formula is C11H20N. The van der Waals surface area contributed by atoms with Crippen LogP contribution in [0.1, 0.15) is 32.6 Å². The van der Waals surface area contributed by atoms with Crippen LogP contribution in [0.3, 0.4) is 0 Å². The molecule has 0 saturated carbocycles. The molecule has 0 saturated heterocycles. The lowest BCUT2D eigenvalue weighted by atomic mass is 10.2. The van der Waals surface area contributed by atoms with Gasteiger partial charge >= 0.3 is 0 Å². The summed E-state index contributed by atoms with van der Waals surface area (Å²) in [5.41, 5.74) is 0. The first kappa shape index (κ1) is 11.4. The minimum Gasteiger partial charge on any atom is -0.306 e. The quantitative estimate of drug-likeness (QED) is 0.431. The molecule has 0 aliphatic carbocycles. The van der Waals surface area contributed by atoms with Gasteiger partial charge in [0.15, 0.2) is 0 Å². The zero-order chi connectivity index (χ0) is 9.23. The number of nitrogens with one attached hydrogen (secondary N) is 1. The minimum absolute atomic E-state index is 0.898. The summed E-state index contributed by atoms with van der Waals surface area (Å²) in [6.07, 6.45) is 8.47. The highest BCUT2D eigenvalue weighted by molar-refractivity contribution is 5.06. The zero-order valence-electron chi connectivity index (χ0n) is 8.10. The van der Waals surface area contributed by atoms with Crippen LogP contribution in [0.5, 0.6) is 0 Å². The van der Waals surface area contributed by atoms with Crippen molar-refractivity contribution in [3.05, 3.63) is 31.4 Å². The second-order valence-electron chi connectivity index (χ2n) is 2.86. The lowest BCUT2D eigenvalue weighted by molar-refractivity contribution is 0.633. The molecule has 0 unspecified atom stereocenters. The van der Waals surface area contributed by atoms with E-state index < -0.39 is 0 Å². The van der Waals surface area contributed by atoms with Gasteiger partial charge in [0.25, 0.3) is 0 Å². The van der Waals surface area contributed by atoms with Gasteiger partial charge in [-0.3, -0.25) is 0 Å². The highest BCUT2D eigenvalue weighted by atomic mass is 14.9. The maximum atomic E-state index is 3.73. The molecule has 1 radical (unpaired) electrons. The van der Waals surface area contributed by atoms with E-state index in [1.54, 1.807) is 0 Å². The van der Waals surface area contributed by atoms with E-state index in [4.69, 9.17) is 0 Å². The van der Waals surface area contributed by atoms with Crippen molar-refractivity contribution in [1.29, 1.82) is 0 Å². The second-order valence-corrected chi connectivity index (χ2v) is 2.86. The van der Waals surface area contributed by atoms with Crippen LogP contribution in [0.2, 0.25) is 0 Å². The van der Waals surface area contributed by atoms with Crippen LogP contribution in [0.4, 0.5) is 0 Å². The van der Waals surface area contributed by atoms with Crippen molar-refractivity contribution in [1.82, 2.24) is 5.32 Å². The normalized spacial score (nSPS) is 10.2. The fourth-order valence-electron chi connectivity index (χ4n) is 1.01. The summed E-state index contributed by atoms with van der Waals surface area (Å²) >= 11 is 0. The standard InChI is InChI=1S/C11H20N/c1-4-7-8-10-12-11(6-3)9-5-2/h5-6,12H,2-4,7-10H2,1H3. The van der Waals surface area contributed by atoms with Crippen molar-refractivity contribution in [3.8, 4) is 0 Å². The van der Waals surface area contributed by atoms with Crippen LogP contribution in [-0.2, 0) is 0 Å². The maximum absolute atomic E-state index is 3.73. The Kier molecular flexibility index (Phi) is 8.14. The van der Waals surface area contributed by atoms with Gasteiger partial charge in [0.05, 0.1) is 6.04 Å². The van der Waals surface area contributed by atoms with Crippen molar-refractivity contribution < 1.29 is 0 Å². The number of rotatable bonds is 8. The van der Waals surface area contributed by atoms with Crippen LogP contribution >= 0.6 is 0 Å². The lowest BCUT2D eigenvalue weighted by Crippen LogP contribution is -2.19. The Bertz CT molecular complexity index is 118. The fourth-order valence-corrected chi connectivity index (χ4v) is 1.01. The summed E-state index contributed by atoms with van der Waals surface area (Å²) in [5.74, 6) is 0. The molecule has 0 fully saturated rings. The van der Waals surface area contributed by atoms with E-state index in [9.17, 15) is 0 Å². The molecule has 0 aromatic rings. The van der Waals surface area contributed by atoms with E-state index in [0.717, 1.165) is 13.0 Å². The van der Waals surface area contributed by atoms with Crippen LogP contribution in [-0.4, -0.2) is 6.54 Å². The first-order valence-electron chi connectivity index (χ1n) is 4.68. The molecule has 0 heterocycles. The first-order chi connectivity index (χ1) is 5.85. The summed E-state index contributed by atoms with van der Waals surface area (Å²) in [4.78, 5) is 0. The Morgan fingerprint density at radius 1 is 1.33 bits per heavy atom. The molecule has 0 spiro atoms. The van der Waals surface area contributed by atoms with E-state index >= 15 is 0 Å². The van der Waals surface area contributed by atoms with Gasteiger partial charge in [0.2, 0.25) is 0 Å². The predicted molar refractivity (Wildman–Crippen MR) is 55.8 cm³/mol. The van der Waals surface area contributed by atoms with E-state index in [2.05, 4.69) is 25.4 Å². The minimum atomic E-state index is 0.898. The fraction of sp³-hybridized carbons (Fsp3) is 0.545. The van der Waals surface area contributed by atoms with Gasteiger partial charge in [-0.1, -0.05) is 31.9 Å². The van der Waals surface area contributed by atoms with Gasteiger partial charge in [-0.15, -0.1) is 13.2 Å². The van der Waals surface area contributed by atoms with Gasteiger partial charge in [-0.2, -0.15) is 0 Å². The highest BCUT2D eigenvalue weighted by Crippen LogP contribution is 2.03.